The zero-order valence-electron chi connectivity index (χ0n) is 9.53. The van der Waals surface area contributed by atoms with Crippen molar-refractivity contribution in [3.8, 4) is 11.1 Å². The number of rotatable bonds is 1. The summed E-state index contributed by atoms with van der Waals surface area (Å²) in [5, 5.41) is 3.14. The van der Waals surface area contributed by atoms with E-state index in [0.29, 0.717) is 0 Å². The SMILES string of the molecule is Clc1cc2ccccc2cc1-c1ccccc1Br. The molecule has 0 aliphatic heterocycles. The summed E-state index contributed by atoms with van der Waals surface area (Å²) in [5.74, 6) is 0. The molecule has 0 aliphatic rings. The first kappa shape index (κ1) is 11.8. The highest BCUT2D eigenvalue weighted by molar-refractivity contribution is 9.10. The van der Waals surface area contributed by atoms with Crippen molar-refractivity contribution < 1.29 is 0 Å². The van der Waals surface area contributed by atoms with Crippen molar-refractivity contribution in [1.82, 2.24) is 0 Å². The second-order valence-corrected chi connectivity index (χ2v) is 5.42. The Hall–Kier alpha value is -1.31. The van der Waals surface area contributed by atoms with E-state index < -0.39 is 0 Å². The minimum atomic E-state index is 0.778. The van der Waals surface area contributed by atoms with Crippen molar-refractivity contribution in [2.75, 3.05) is 0 Å². The molecular formula is C16H10BrCl. The zero-order valence-corrected chi connectivity index (χ0v) is 11.9. The van der Waals surface area contributed by atoms with Gasteiger partial charge in [-0.25, -0.2) is 0 Å². The van der Waals surface area contributed by atoms with Gasteiger partial charge in [-0.15, -0.1) is 0 Å². The molecular weight excluding hydrogens is 308 g/mol. The van der Waals surface area contributed by atoms with Gasteiger partial charge >= 0.3 is 0 Å². The lowest BCUT2D eigenvalue weighted by Crippen LogP contribution is -1.82. The molecule has 0 aromatic heterocycles. The van der Waals surface area contributed by atoms with Crippen molar-refractivity contribution in [2.24, 2.45) is 0 Å². The smallest absolute Gasteiger partial charge is 0.0491 e. The summed E-state index contributed by atoms with van der Waals surface area (Å²) in [5.41, 5.74) is 2.18. The highest BCUT2D eigenvalue weighted by Gasteiger charge is 2.08. The molecule has 0 fully saturated rings. The van der Waals surface area contributed by atoms with Crippen LogP contribution in [0.5, 0.6) is 0 Å². The van der Waals surface area contributed by atoms with Crippen LogP contribution in [0.1, 0.15) is 0 Å². The number of halogens is 2. The lowest BCUT2D eigenvalue weighted by Gasteiger charge is -2.09. The van der Waals surface area contributed by atoms with Crippen LogP contribution < -0.4 is 0 Å². The van der Waals surface area contributed by atoms with Gasteiger partial charge in [0.1, 0.15) is 0 Å². The van der Waals surface area contributed by atoms with Gasteiger partial charge in [0.15, 0.2) is 0 Å². The van der Waals surface area contributed by atoms with Crippen LogP contribution in [0.3, 0.4) is 0 Å². The second kappa shape index (κ2) is 4.75. The summed E-state index contributed by atoms with van der Waals surface area (Å²) >= 11 is 9.96. The van der Waals surface area contributed by atoms with E-state index in [1.165, 1.54) is 10.8 Å². The quantitative estimate of drug-likeness (QED) is 0.522. The summed E-state index contributed by atoms with van der Waals surface area (Å²) in [6.45, 7) is 0. The molecule has 0 atom stereocenters. The van der Waals surface area contributed by atoms with Crippen LogP contribution in [0.15, 0.2) is 65.1 Å². The molecule has 0 unspecified atom stereocenters. The van der Waals surface area contributed by atoms with Crippen molar-refractivity contribution >= 4 is 38.3 Å². The van der Waals surface area contributed by atoms with Gasteiger partial charge in [0.2, 0.25) is 0 Å². The highest BCUT2D eigenvalue weighted by atomic mass is 79.9. The van der Waals surface area contributed by atoms with E-state index in [1.807, 2.05) is 36.4 Å². The molecule has 0 amide bonds. The predicted octanol–water partition coefficient (Wildman–Crippen LogP) is 5.92. The Morgan fingerprint density at radius 1 is 0.722 bits per heavy atom. The van der Waals surface area contributed by atoms with Crippen molar-refractivity contribution in [1.29, 1.82) is 0 Å². The third kappa shape index (κ3) is 2.05. The molecule has 3 rings (SSSR count). The summed E-state index contributed by atoms with van der Waals surface area (Å²) in [6, 6.07) is 20.5. The summed E-state index contributed by atoms with van der Waals surface area (Å²) in [7, 11) is 0. The fraction of sp³-hybridized carbons (Fsp3) is 0. The van der Waals surface area contributed by atoms with Gasteiger partial charge < -0.3 is 0 Å². The van der Waals surface area contributed by atoms with Crippen LogP contribution in [0, 0.1) is 0 Å². The Balaban J connectivity index is 2.30. The topological polar surface area (TPSA) is 0 Å². The molecule has 2 heteroatoms. The molecule has 0 saturated heterocycles. The second-order valence-electron chi connectivity index (χ2n) is 4.16. The van der Waals surface area contributed by atoms with E-state index in [2.05, 4.69) is 40.2 Å². The molecule has 0 aliphatic carbocycles. The van der Waals surface area contributed by atoms with Gasteiger partial charge in [0.25, 0.3) is 0 Å². The average molecular weight is 318 g/mol. The van der Waals surface area contributed by atoms with E-state index in [9.17, 15) is 0 Å². The lowest BCUT2D eigenvalue weighted by atomic mass is 10.0. The van der Waals surface area contributed by atoms with E-state index in [1.54, 1.807) is 0 Å². The van der Waals surface area contributed by atoms with Gasteiger partial charge in [-0.05, 0) is 34.5 Å². The molecule has 18 heavy (non-hydrogen) atoms. The predicted molar refractivity (Wildman–Crippen MR) is 82.1 cm³/mol. The van der Waals surface area contributed by atoms with Gasteiger partial charge in [0.05, 0.1) is 0 Å². The molecule has 88 valence electrons. The third-order valence-corrected chi connectivity index (χ3v) is 4.00. The van der Waals surface area contributed by atoms with E-state index in [0.717, 1.165) is 20.6 Å². The Morgan fingerprint density at radius 3 is 2.06 bits per heavy atom. The van der Waals surface area contributed by atoms with Crippen molar-refractivity contribution in [3.05, 3.63) is 70.2 Å². The minimum absolute atomic E-state index is 0.778. The molecule has 0 saturated carbocycles. The largest absolute Gasteiger partial charge is 0.0836 e. The molecule has 0 spiro atoms. The monoisotopic (exact) mass is 316 g/mol. The van der Waals surface area contributed by atoms with Gasteiger partial charge in [-0.3, -0.25) is 0 Å². The maximum Gasteiger partial charge on any atom is 0.0491 e. The van der Waals surface area contributed by atoms with Crippen LogP contribution in [0.2, 0.25) is 5.02 Å². The summed E-state index contributed by atoms with van der Waals surface area (Å²) in [6.07, 6.45) is 0. The number of fused-ring (bicyclic) bond motifs is 1. The number of benzene rings is 3. The number of hydrogen-bond acceptors (Lipinski definition) is 0. The Labute approximate surface area is 119 Å². The zero-order chi connectivity index (χ0) is 12.5. The van der Waals surface area contributed by atoms with Gasteiger partial charge in [0, 0.05) is 15.1 Å². The molecule has 0 heterocycles. The van der Waals surface area contributed by atoms with E-state index in [-0.39, 0.29) is 0 Å². The van der Waals surface area contributed by atoms with Crippen LogP contribution in [-0.2, 0) is 0 Å². The number of hydrogen-bond donors (Lipinski definition) is 0. The average Bonchev–Trinajstić information content (AvgIpc) is 2.39. The van der Waals surface area contributed by atoms with Crippen molar-refractivity contribution in [2.45, 2.75) is 0 Å². The minimum Gasteiger partial charge on any atom is -0.0836 e. The van der Waals surface area contributed by atoms with E-state index >= 15 is 0 Å². The van der Waals surface area contributed by atoms with Gasteiger partial charge in [-0.2, -0.15) is 0 Å². The standard InChI is InChI=1S/C16H10BrCl/c17-15-8-4-3-7-13(15)14-9-11-5-1-2-6-12(11)10-16(14)18/h1-10H. The maximum absolute atomic E-state index is 6.39. The molecule has 0 nitrogen and oxygen atoms in total. The van der Waals surface area contributed by atoms with Crippen LogP contribution in [0.4, 0.5) is 0 Å². The Bertz CT molecular complexity index is 719. The normalized spacial score (nSPS) is 10.8. The maximum atomic E-state index is 6.39. The first-order chi connectivity index (χ1) is 8.75. The van der Waals surface area contributed by atoms with Gasteiger partial charge in [-0.1, -0.05) is 70.0 Å². The molecule has 0 bridgehead atoms. The first-order valence-corrected chi connectivity index (χ1v) is 6.86. The summed E-state index contributed by atoms with van der Waals surface area (Å²) in [4.78, 5) is 0. The molecule has 3 aromatic carbocycles. The fourth-order valence-electron chi connectivity index (χ4n) is 2.10. The first-order valence-electron chi connectivity index (χ1n) is 5.69. The molecule has 3 aromatic rings. The molecule has 0 N–H and O–H groups in total. The fourth-order valence-corrected chi connectivity index (χ4v) is 2.87. The van der Waals surface area contributed by atoms with Crippen molar-refractivity contribution in [3.63, 3.8) is 0 Å². The Morgan fingerprint density at radius 2 is 1.33 bits per heavy atom. The molecule has 0 radical (unpaired) electrons. The van der Waals surface area contributed by atoms with E-state index in [4.69, 9.17) is 11.6 Å². The highest BCUT2D eigenvalue weighted by Crippen LogP contribution is 2.35. The van der Waals surface area contributed by atoms with Crippen LogP contribution in [-0.4, -0.2) is 0 Å². The van der Waals surface area contributed by atoms with Crippen LogP contribution in [0.25, 0.3) is 21.9 Å². The van der Waals surface area contributed by atoms with Crippen LogP contribution >= 0.6 is 27.5 Å². The third-order valence-electron chi connectivity index (χ3n) is 3.00. The Kier molecular flexibility index (Phi) is 3.11. The lowest BCUT2D eigenvalue weighted by molar-refractivity contribution is 1.60. The summed E-state index contributed by atoms with van der Waals surface area (Å²) < 4.78 is 1.06.